The Hall–Kier alpha value is -0.810. The maximum absolute atomic E-state index is 12.3. The van der Waals surface area contributed by atoms with Crippen LogP contribution in [0.3, 0.4) is 0 Å². The topological polar surface area (TPSA) is 37.3 Å². The quantitative estimate of drug-likeness (QED) is 0.923. The molecule has 3 rings (SSSR count). The third-order valence-electron chi connectivity index (χ3n) is 4.16. The molecule has 1 N–H and O–H groups in total. The van der Waals surface area contributed by atoms with Gasteiger partial charge in [0, 0.05) is 29.3 Å². The molecule has 4 nitrogen and oxygen atoms in total. The van der Waals surface area contributed by atoms with Crippen molar-refractivity contribution in [2.45, 2.75) is 37.8 Å². The number of nitrogens with one attached hydrogen (secondary N) is 1. The lowest BCUT2D eigenvalue weighted by atomic mass is 10.2. The van der Waals surface area contributed by atoms with Crippen LogP contribution in [0, 0.1) is 0 Å². The summed E-state index contributed by atoms with van der Waals surface area (Å²) in [7, 11) is 2.13. The van der Waals surface area contributed by atoms with E-state index >= 15 is 0 Å². The number of carbonyl (C=O) groups excluding carboxylic acids is 1. The van der Waals surface area contributed by atoms with Gasteiger partial charge in [-0.2, -0.15) is 0 Å². The van der Waals surface area contributed by atoms with Crippen LogP contribution in [0.25, 0.3) is 0 Å². The van der Waals surface area contributed by atoms with Crippen molar-refractivity contribution in [2.24, 2.45) is 0 Å². The Balaban J connectivity index is 1.63. The molecule has 0 spiro atoms. The van der Waals surface area contributed by atoms with Gasteiger partial charge in [-0.1, -0.05) is 0 Å². The molecule has 1 aromatic heterocycles. The molecular weight excluding hydrogens is 306 g/mol. The highest BCUT2D eigenvalue weighted by Crippen LogP contribution is 2.37. The molecule has 19 heavy (non-hydrogen) atoms. The number of likely N-dealkylation sites (tertiary alicyclic amines) is 1. The van der Waals surface area contributed by atoms with E-state index in [0.29, 0.717) is 12.1 Å². The van der Waals surface area contributed by atoms with E-state index in [-0.39, 0.29) is 5.91 Å². The average Bonchev–Trinajstić information content (AvgIpc) is 3.04. The van der Waals surface area contributed by atoms with Gasteiger partial charge in [0.05, 0.1) is 0 Å². The van der Waals surface area contributed by atoms with Gasteiger partial charge in [0.2, 0.25) is 0 Å². The average molecular weight is 326 g/mol. The number of rotatable bonds is 4. The second-order valence-electron chi connectivity index (χ2n) is 5.67. The molecule has 0 radical (unpaired) electrons. The number of aromatic nitrogens is 1. The summed E-state index contributed by atoms with van der Waals surface area (Å²) in [5.74, 6) is 0.0536. The van der Waals surface area contributed by atoms with Crippen LogP contribution < -0.4 is 5.32 Å². The maximum Gasteiger partial charge on any atom is 0.268 e. The van der Waals surface area contributed by atoms with Gasteiger partial charge in [0.1, 0.15) is 5.69 Å². The minimum atomic E-state index is 0.0536. The third kappa shape index (κ3) is 2.87. The molecule has 1 saturated heterocycles. The Labute approximate surface area is 122 Å². The summed E-state index contributed by atoms with van der Waals surface area (Å²) in [4.78, 5) is 14.6. The minimum Gasteiger partial charge on any atom is -0.349 e. The number of nitrogens with zero attached hydrogens (tertiary/aromatic N) is 2. The highest BCUT2D eigenvalue weighted by molar-refractivity contribution is 9.10. The third-order valence-corrected chi connectivity index (χ3v) is 4.59. The van der Waals surface area contributed by atoms with Crippen LogP contribution in [0.15, 0.2) is 16.7 Å². The van der Waals surface area contributed by atoms with Crippen molar-refractivity contribution in [3.63, 3.8) is 0 Å². The zero-order valence-corrected chi connectivity index (χ0v) is 12.8. The molecule has 1 saturated carbocycles. The highest BCUT2D eigenvalue weighted by atomic mass is 79.9. The van der Waals surface area contributed by atoms with Crippen LogP contribution in [0.2, 0.25) is 0 Å². The van der Waals surface area contributed by atoms with E-state index in [1.165, 1.54) is 25.7 Å². The van der Waals surface area contributed by atoms with Crippen LogP contribution in [-0.2, 0) is 0 Å². The van der Waals surface area contributed by atoms with E-state index < -0.39 is 0 Å². The second kappa shape index (κ2) is 5.29. The largest absolute Gasteiger partial charge is 0.349 e. The molecule has 1 amide bonds. The zero-order valence-electron chi connectivity index (χ0n) is 11.2. The fourth-order valence-electron chi connectivity index (χ4n) is 2.82. The summed E-state index contributed by atoms with van der Waals surface area (Å²) in [5.41, 5.74) is 0.787. The van der Waals surface area contributed by atoms with Crippen molar-refractivity contribution in [3.8, 4) is 0 Å². The molecule has 0 bridgehead atoms. The number of likely N-dealkylation sites (N-methyl/N-ethyl adjacent to an activating group) is 1. The number of amides is 1. The standard InChI is InChI=1S/C14H20BrN3O/c1-17-6-2-3-12(17)8-16-14(19)13-7-10(15)9-18(13)11-4-5-11/h7,9,11-12H,2-6,8H2,1H3,(H,16,19). The molecule has 2 aliphatic rings. The zero-order chi connectivity index (χ0) is 13.4. The summed E-state index contributed by atoms with van der Waals surface area (Å²) in [6.45, 7) is 1.90. The summed E-state index contributed by atoms with van der Waals surface area (Å²) in [5, 5.41) is 3.09. The van der Waals surface area contributed by atoms with E-state index in [4.69, 9.17) is 0 Å². The van der Waals surface area contributed by atoms with Crippen LogP contribution in [0.5, 0.6) is 0 Å². The lowest BCUT2D eigenvalue weighted by Gasteiger charge is -2.19. The van der Waals surface area contributed by atoms with E-state index in [0.717, 1.165) is 23.3 Å². The number of carbonyl (C=O) groups is 1. The fourth-order valence-corrected chi connectivity index (χ4v) is 3.26. The SMILES string of the molecule is CN1CCCC1CNC(=O)c1cc(Br)cn1C1CC1. The van der Waals surface area contributed by atoms with Crippen LogP contribution in [0.4, 0.5) is 0 Å². The number of halogens is 1. The summed E-state index contributed by atoms with van der Waals surface area (Å²) in [6, 6.07) is 2.95. The fraction of sp³-hybridized carbons (Fsp3) is 0.643. The van der Waals surface area contributed by atoms with Gasteiger partial charge in [-0.3, -0.25) is 4.79 Å². The monoisotopic (exact) mass is 325 g/mol. The number of hydrogen-bond donors (Lipinski definition) is 1. The van der Waals surface area contributed by atoms with Crippen LogP contribution in [-0.4, -0.2) is 41.6 Å². The van der Waals surface area contributed by atoms with Crippen molar-refractivity contribution in [3.05, 3.63) is 22.4 Å². The first kappa shape index (κ1) is 13.2. The minimum absolute atomic E-state index is 0.0536. The first-order valence-corrected chi connectivity index (χ1v) is 7.80. The van der Waals surface area contributed by atoms with E-state index in [2.05, 4.69) is 37.8 Å². The van der Waals surface area contributed by atoms with Gasteiger partial charge in [0.15, 0.2) is 0 Å². The van der Waals surface area contributed by atoms with E-state index in [1.54, 1.807) is 0 Å². The molecule has 2 fully saturated rings. The summed E-state index contributed by atoms with van der Waals surface area (Å²) in [6.07, 6.45) is 6.82. The normalized spacial score (nSPS) is 23.8. The molecule has 2 heterocycles. The highest BCUT2D eigenvalue weighted by Gasteiger charge is 2.28. The number of hydrogen-bond acceptors (Lipinski definition) is 2. The second-order valence-corrected chi connectivity index (χ2v) is 6.58. The van der Waals surface area contributed by atoms with Gasteiger partial charge in [0.25, 0.3) is 5.91 Å². The predicted octanol–water partition coefficient (Wildman–Crippen LogP) is 2.41. The molecule has 1 aromatic rings. The Morgan fingerprint density at radius 1 is 1.47 bits per heavy atom. The van der Waals surface area contributed by atoms with Gasteiger partial charge >= 0.3 is 0 Å². The Morgan fingerprint density at radius 3 is 2.89 bits per heavy atom. The Morgan fingerprint density at radius 2 is 2.26 bits per heavy atom. The first-order valence-electron chi connectivity index (χ1n) is 7.01. The smallest absolute Gasteiger partial charge is 0.268 e. The van der Waals surface area contributed by atoms with Gasteiger partial charge < -0.3 is 14.8 Å². The molecule has 1 aliphatic carbocycles. The van der Waals surface area contributed by atoms with Crippen LogP contribution >= 0.6 is 15.9 Å². The Kier molecular flexibility index (Phi) is 3.67. The first-order chi connectivity index (χ1) is 9.15. The van der Waals surface area contributed by atoms with Gasteiger partial charge in [-0.25, -0.2) is 0 Å². The predicted molar refractivity (Wildman–Crippen MR) is 78.4 cm³/mol. The van der Waals surface area contributed by atoms with E-state index in [9.17, 15) is 4.79 Å². The molecule has 1 atom stereocenters. The summed E-state index contributed by atoms with van der Waals surface area (Å²) >= 11 is 3.47. The van der Waals surface area contributed by atoms with Crippen molar-refractivity contribution in [1.29, 1.82) is 0 Å². The van der Waals surface area contributed by atoms with Gasteiger partial charge in [-0.15, -0.1) is 0 Å². The van der Waals surface area contributed by atoms with Crippen molar-refractivity contribution < 1.29 is 4.79 Å². The molecule has 5 heteroatoms. The van der Waals surface area contributed by atoms with Crippen LogP contribution in [0.1, 0.15) is 42.2 Å². The molecular formula is C14H20BrN3O. The van der Waals surface area contributed by atoms with E-state index in [1.807, 2.05) is 12.3 Å². The van der Waals surface area contributed by atoms with Gasteiger partial charge in [-0.05, 0) is 61.3 Å². The molecule has 1 unspecified atom stereocenters. The molecule has 0 aromatic carbocycles. The maximum atomic E-state index is 12.3. The lowest BCUT2D eigenvalue weighted by molar-refractivity contribution is 0.0934. The lowest BCUT2D eigenvalue weighted by Crippen LogP contribution is -2.38. The molecule has 104 valence electrons. The molecule has 1 aliphatic heterocycles. The Bertz CT molecular complexity index is 481. The summed E-state index contributed by atoms with van der Waals surface area (Å²) < 4.78 is 3.10. The van der Waals surface area contributed by atoms with Crippen molar-refractivity contribution in [2.75, 3.05) is 20.1 Å². The van der Waals surface area contributed by atoms with Crippen molar-refractivity contribution >= 4 is 21.8 Å². The van der Waals surface area contributed by atoms with Crippen molar-refractivity contribution in [1.82, 2.24) is 14.8 Å².